The fraction of sp³-hybridized carbons (Fsp3) is 0.154. The first-order valence-corrected chi connectivity index (χ1v) is 5.59. The number of amides is 1. The smallest absolute Gasteiger partial charge is 0.300 e. The number of carbonyl (C=O) groups is 1. The van der Waals surface area contributed by atoms with Crippen LogP contribution in [-0.2, 0) is 6.61 Å². The van der Waals surface area contributed by atoms with Gasteiger partial charge in [0.15, 0.2) is 5.76 Å². The van der Waals surface area contributed by atoms with Crippen LogP contribution in [0.25, 0.3) is 0 Å². The molecule has 5 nitrogen and oxygen atoms in total. The molecule has 6 heteroatoms. The van der Waals surface area contributed by atoms with Crippen molar-refractivity contribution in [2.75, 3.05) is 0 Å². The maximum Gasteiger partial charge on any atom is 0.300 e. The Balaban J connectivity index is 2.07. The van der Waals surface area contributed by atoms with Crippen LogP contribution in [-0.4, -0.2) is 5.91 Å². The highest BCUT2D eigenvalue weighted by molar-refractivity contribution is 5.91. The quantitative estimate of drug-likeness (QED) is 0.502. The Labute approximate surface area is 109 Å². The molecular formula is C13H13FN2O3. The summed E-state index contributed by atoms with van der Waals surface area (Å²) in [5.74, 6) is 5.20. The summed E-state index contributed by atoms with van der Waals surface area (Å²) in [7, 11) is 0. The van der Waals surface area contributed by atoms with E-state index in [1.54, 1.807) is 19.1 Å². The number of hydrogen-bond acceptors (Lipinski definition) is 4. The third kappa shape index (κ3) is 3.11. The number of hydrogen-bond donors (Lipinski definition) is 2. The number of furan rings is 1. The predicted octanol–water partition coefficient (Wildman–Crippen LogP) is 1.91. The van der Waals surface area contributed by atoms with Crippen molar-refractivity contribution < 1.29 is 18.3 Å². The molecule has 19 heavy (non-hydrogen) atoms. The van der Waals surface area contributed by atoms with Gasteiger partial charge in [-0.25, -0.2) is 10.2 Å². The number of rotatable bonds is 4. The van der Waals surface area contributed by atoms with E-state index in [0.717, 1.165) is 0 Å². The van der Waals surface area contributed by atoms with Crippen LogP contribution in [0.15, 0.2) is 34.7 Å². The van der Waals surface area contributed by atoms with Crippen LogP contribution in [0.1, 0.15) is 21.9 Å². The molecule has 2 rings (SSSR count). The van der Waals surface area contributed by atoms with Gasteiger partial charge < -0.3 is 9.15 Å². The van der Waals surface area contributed by atoms with E-state index < -0.39 is 5.91 Å². The van der Waals surface area contributed by atoms with Crippen LogP contribution in [0.4, 0.5) is 4.39 Å². The number of nitrogen functional groups attached to an aromatic ring is 1. The van der Waals surface area contributed by atoms with Crippen LogP contribution < -0.4 is 16.0 Å². The van der Waals surface area contributed by atoms with E-state index in [0.29, 0.717) is 17.1 Å². The number of benzene rings is 1. The molecule has 0 saturated heterocycles. The number of hydrazine groups is 1. The van der Waals surface area contributed by atoms with Crippen LogP contribution in [0.2, 0.25) is 0 Å². The average Bonchev–Trinajstić information content (AvgIpc) is 2.77. The summed E-state index contributed by atoms with van der Waals surface area (Å²) in [6.45, 7) is 1.88. The van der Waals surface area contributed by atoms with Crippen molar-refractivity contribution in [2.24, 2.45) is 5.84 Å². The van der Waals surface area contributed by atoms with Crippen molar-refractivity contribution in [1.29, 1.82) is 0 Å². The molecule has 0 saturated carbocycles. The fourth-order valence-corrected chi connectivity index (χ4v) is 1.56. The van der Waals surface area contributed by atoms with Gasteiger partial charge in [0.1, 0.15) is 23.9 Å². The maximum absolute atomic E-state index is 13.0. The van der Waals surface area contributed by atoms with Crippen molar-refractivity contribution in [2.45, 2.75) is 13.5 Å². The van der Waals surface area contributed by atoms with E-state index in [-0.39, 0.29) is 18.2 Å². The van der Waals surface area contributed by atoms with Crippen LogP contribution in [0, 0.1) is 12.7 Å². The van der Waals surface area contributed by atoms with Gasteiger partial charge in [0.2, 0.25) is 0 Å². The molecule has 1 heterocycles. The highest BCUT2D eigenvalue weighted by atomic mass is 19.1. The highest BCUT2D eigenvalue weighted by Crippen LogP contribution is 2.18. The Kier molecular flexibility index (Phi) is 3.82. The van der Waals surface area contributed by atoms with Crippen LogP contribution in [0.3, 0.4) is 0 Å². The normalized spacial score (nSPS) is 10.3. The summed E-state index contributed by atoms with van der Waals surface area (Å²) in [5, 5.41) is 0. The Morgan fingerprint density at radius 3 is 2.95 bits per heavy atom. The second-order valence-electron chi connectivity index (χ2n) is 3.91. The number of aryl methyl sites for hydroxylation is 1. The Morgan fingerprint density at radius 2 is 2.26 bits per heavy atom. The summed E-state index contributed by atoms with van der Waals surface area (Å²) in [6.07, 6.45) is 0. The van der Waals surface area contributed by atoms with Gasteiger partial charge in [0.25, 0.3) is 0 Å². The highest BCUT2D eigenvalue weighted by Gasteiger charge is 2.13. The number of ether oxygens (including phenoxy) is 1. The van der Waals surface area contributed by atoms with Crippen molar-refractivity contribution >= 4 is 5.91 Å². The maximum atomic E-state index is 13.0. The number of nitrogens with one attached hydrogen (secondary N) is 1. The minimum atomic E-state index is -0.514. The first kappa shape index (κ1) is 13.1. The molecule has 1 amide bonds. The second kappa shape index (κ2) is 5.53. The first-order valence-electron chi connectivity index (χ1n) is 5.59. The van der Waals surface area contributed by atoms with Crippen molar-refractivity contribution in [3.63, 3.8) is 0 Å². The lowest BCUT2D eigenvalue weighted by atomic mass is 10.2. The van der Waals surface area contributed by atoms with E-state index in [2.05, 4.69) is 0 Å². The van der Waals surface area contributed by atoms with Crippen molar-refractivity contribution in [3.8, 4) is 5.75 Å². The van der Waals surface area contributed by atoms with E-state index in [9.17, 15) is 9.18 Å². The molecule has 0 bridgehead atoms. The van der Waals surface area contributed by atoms with Crippen LogP contribution >= 0.6 is 0 Å². The summed E-state index contributed by atoms with van der Waals surface area (Å²) in [5.41, 5.74) is 2.68. The van der Waals surface area contributed by atoms with Gasteiger partial charge in [-0.2, -0.15) is 0 Å². The molecule has 100 valence electrons. The van der Waals surface area contributed by atoms with E-state index >= 15 is 0 Å². The zero-order chi connectivity index (χ0) is 13.8. The lowest BCUT2D eigenvalue weighted by Crippen LogP contribution is -2.29. The fourth-order valence-electron chi connectivity index (χ4n) is 1.56. The molecule has 0 atom stereocenters. The molecule has 0 aliphatic carbocycles. The first-order chi connectivity index (χ1) is 9.10. The lowest BCUT2D eigenvalue weighted by Gasteiger charge is -2.04. The Hall–Kier alpha value is -2.34. The van der Waals surface area contributed by atoms with Gasteiger partial charge in [0.05, 0.1) is 0 Å². The summed E-state index contributed by atoms with van der Waals surface area (Å²) >= 11 is 0. The Morgan fingerprint density at radius 1 is 1.47 bits per heavy atom. The number of carbonyl (C=O) groups excluding carboxylic acids is 1. The van der Waals surface area contributed by atoms with E-state index in [1.807, 2.05) is 5.43 Å². The number of halogens is 1. The zero-order valence-corrected chi connectivity index (χ0v) is 10.3. The molecule has 2 aromatic rings. The van der Waals surface area contributed by atoms with Gasteiger partial charge in [-0.3, -0.25) is 10.2 Å². The van der Waals surface area contributed by atoms with Gasteiger partial charge in [-0.15, -0.1) is 0 Å². The monoisotopic (exact) mass is 264 g/mol. The molecule has 0 radical (unpaired) electrons. The van der Waals surface area contributed by atoms with E-state index in [4.69, 9.17) is 15.0 Å². The summed E-state index contributed by atoms with van der Waals surface area (Å²) in [6, 6.07) is 7.35. The lowest BCUT2D eigenvalue weighted by molar-refractivity contribution is 0.0924. The second-order valence-corrected chi connectivity index (χ2v) is 3.91. The number of nitrogens with two attached hydrogens (primary N) is 1. The topological polar surface area (TPSA) is 77.5 Å². The summed E-state index contributed by atoms with van der Waals surface area (Å²) < 4.78 is 23.6. The zero-order valence-electron chi connectivity index (χ0n) is 10.3. The third-order valence-corrected chi connectivity index (χ3v) is 2.57. The molecule has 0 aliphatic heterocycles. The van der Waals surface area contributed by atoms with Gasteiger partial charge in [0, 0.05) is 11.6 Å². The van der Waals surface area contributed by atoms with Gasteiger partial charge in [-0.05, 0) is 25.1 Å². The molecule has 1 aromatic heterocycles. The molecular weight excluding hydrogens is 251 g/mol. The summed E-state index contributed by atoms with van der Waals surface area (Å²) in [4.78, 5) is 11.3. The minimum absolute atomic E-state index is 0.109. The molecule has 1 aromatic carbocycles. The SMILES string of the molecule is Cc1oc(C(=O)NN)cc1COc1cccc(F)c1. The molecule has 0 unspecified atom stereocenters. The average molecular weight is 264 g/mol. The van der Waals surface area contributed by atoms with Gasteiger partial charge >= 0.3 is 5.91 Å². The van der Waals surface area contributed by atoms with Gasteiger partial charge in [-0.1, -0.05) is 6.07 Å². The molecule has 3 N–H and O–H groups in total. The third-order valence-electron chi connectivity index (χ3n) is 2.57. The Bertz CT molecular complexity index is 595. The molecule has 0 spiro atoms. The van der Waals surface area contributed by atoms with Crippen molar-refractivity contribution in [1.82, 2.24) is 5.43 Å². The standard InChI is InChI=1S/C13H13FN2O3/c1-8-9(5-12(19-8)13(17)16-15)7-18-11-4-2-3-10(14)6-11/h2-6H,7,15H2,1H3,(H,16,17). The minimum Gasteiger partial charge on any atom is -0.489 e. The van der Waals surface area contributed by atoms with E-state index in [1.165, 1.54) is 18.2 Å². The molecule has 0 aliphatic rings. The van der Waals surface area contributed by atoms with Crippen molar-refractivity contribution in [3.05, 3.63) is 53.2 Å². The van der Waals surface area contributed by atoms with Crippen LogP contribution in [0.5, 0.6) is 5.75 Å². The molecule has 0 fully saturated rings. The predicted molar refractivity (Wildman–Crippen MR) is 65.8 cm³/mol. The largest absolute Gasteiger partial charge is 0.489 e.